The minimum atomic E-state index is -5.04. The zero-order chi connectivity index (χ0) is 34.7. The van der Waals surface area contributed by atoms with Crippen LogP contribution in [0.15, 0.2) is 90.7 Å². The van der Waals surface area contributed by atoms with Crippen molar-refractivity contribution in [3.05, 3.63) is 128 Å². The van der Waals surface area contributed by atoms with E-state index in [1.165, 1.54) is 37.3 Å². The molecule has 250 valence electrons. The number of esters is 2. The fourth-order valence-electron chi connectivity index (χ4n) is 4.89. The summed E-state index contributed by atoms with van der Waals surface area (Å²) in [4.78, 5) is 42.7. The molecule has 5 rings (SSSR count). The van der Waals surface area contributed by atoms with Gasteiger partial charge in [-0.3, -0.25) is 9.36 Å². The van der Waals surface area contributed by atoms with Crippen molar-refractivity contribution < 1.29 is 37.0 Å². The Kier molecular flexibility index (Phi) is 11.0. The Labute approximate surface area is 297 Å². The van der Waals surface area contributed by atoms with E-state index in [-0.39, 0.29) is 34.7 Å². The van der Waals surface area contributed by atoms with E-state index in [2.05, 4.69) is 36.9 Å². The third-order valence-corrected chi connectivity index (χ3v) is 9.23. The van der Waals surface area contributed by atoms with E-state index in [1.807, 2.05) is 0 Å². The van der Waals surface area contributed by atoms with Gasteiger partial charge in [0.15, 0.2) is 10.5 Å². The number of nitrogens with zero attached hydrogens (tertiary/aromatic N) is 2. The van der Waals surface area contributed by atoms with Crippen LogP contribution >= 0.6 is 54.8 Å². The number of alkyl halides is 3. The Balaban J connectivity index is 1.63. The molecule has 1 atom stereocenters. The Morgan fingerprint density at radius 1 is 1.00 bits per heavy atom. The maximum Gasteiger partial charge on any atom is 0.434 e. The van der Waals surface area contributed by atoms with Crippen LogP contribution in [0, 0.1) is 0 Å². The summed E-state index contributed by atoms with van der Waals surface area (Å²) in [6.07, 6.45) is -3.55. The second-order valence-corrected chi connectivity index (χ2v) is 13.3. The van der Waals surface area contributed by atoms with E-state index in [0.717, 1.165) is 21.5 Å². The molecule has 4 aromatic rings. The van der Waals surface area contributed by atoms with Crippen molar-refractivity contribution >= 4 is 72.8 Å². The largest absolute Gasteiger partial charge is 0.487 e. The fourth-order valence-corrected chi connectivity index (χ4v) is 7.38. The third-order valence-electron chi connectivity index (χ3n) is 6.95. The number of benzene rings is 3. The first-order chi connectivity index (χ1) is 22.8. The van der Waals surface area contributed by atoms with E-state index in [9.17, 15) is 27.6 Å². The molecule has 0 unspecified atom stereocenters. The molecule has 0 saturated carbocycles. The fraction of sp³-hybridized carbons (Fsp3) is 0.212. The molecule has 0 saturated heterocycles. The quantitative estimate of drug-likeness (QED) is 0.165. The molecule has 8 nitrogen and oxygen atoms in total. The summed E-state index contributed by atoms with van der Waals surface area (Å²) in [7, 11) is 0. The average molecular weight is 829 g/mol. The van der Waals surface area contributed by atoms with Crippen LogP contribution in [0.3, 0.4) is 0 Å². The van der Waals surface area contributed by atoms with Gasteiger partial charge in [-0.25, -0.2) is 14.6 Å². The van der Waals surface area contributed by atoms with Crippen LogP contribution in [-0.2, 0) is 20.9 Å². The highest BCUT2D eigenvalue weighted by molar-refractivity contribution is 9.11. The maximum atomic E-state index is 14.4. The molecular weight excluding hydrogens is 805 g/mol. The molecule has 0 N–H and O–H groups in total. The first-order valence-electron chi connectivity index (χ1n) is 14.3. The molecular formula is C33H24Br2ClF3N2O6S. The van der Waals surface area contributed by atoms with E-state index in [0.29, 0.717) is 30.8 Å². The van der Waals surface area contributed by atoms with Crippen LogP contribution in [-0.4, -0.2) is 35.9 Å². The van der Waals surface area contributed by atoms with Crippen LogP contribution in [0.25, 0.3) is 6.08 Å². The number of halogens is 6. The number of ether oxygens (including phenoxy) is 3. The molecule has 0 spiro atoms. The second kappa shape index (κ2) is 14.8. The van der Waals surface area contributed by atoms with Crippen molar-refractivity contribution in [2.75, 3.05) is 13.2 Å². The monoisotopic (exact) mass is 826 g/mol. The topological polar surface area (TPSA) is 96.2 Å². The zero-order valence-electron chi connectivity index (χ0n) is 25.1. The molecule has 0 bridgehead atoms. The number of fused-ring (bicyclic) bond motifs is 1. The highest BCUT2D eigenvalue weighted by Gasteiger charge is 2.45. The van der Waals surface area contributed by atoms with Gasteiger partial charge in [0.1, 0.15) is 12.4 Å². The van der Waals surface area contributed by atoms with Gasteiger partial charge in [0.05, 0.1) is 39.4 Å². The average Bonchev–Trinajstić information content (AvgIpc) is 3.34. The highest BCUT2D eigenvalue weighted by Crippen LogP contribution is 2.39. The first kappa shape index (κ1) is 35.6. The Morgan fingerprint density at radius 2 is 1.65 bits per heavy atom. The SMILES string of the molecule is CCOC(=O)C1=C(C(F)(F)F)N=c2s/c(=C\c3cc(Br)cc(Br)c3OCc3ccc(C(=O)OCC)cc3)c(=O)n2[C@@H]1c1ccc(Cl)cc1. The number of thiazole rings is 1. The summed E-state index contributed by atoms with van der Waals surface area (Å²) in [5.74, 6) is -1.35. The summed E-state index contributed by atoms with van der Waals surface area (Å²) in [6.45, 7) is 3.32. The van der Waals surface area contributed by atoms with E-state index >= 15 is 0 Å². The molecule has 3 aromatic carbocycles. The number of carbonyl (C=O) groups is 2. The van der Waals surface area contributed by atoms with Gasteiger partial charge in [-0.05, 0) is 83.4 Å². The van der Waals surface area contributed by atoms with Gasteiger partial charge in [0.25, 0.3) is 5.56 Å². The van der Waals surface area contributed by atoms with Gasteiger partial charge in [0, 0.05) is 15.1 Å². The highest BCUT2D eigenvalue weighted by atomic mass is 79.9. The van der Waals surface area contributed by atoms with Gasteiger partial charge in [-0.15, -0.1) is 0 Å². The predicted molar refractivity (Wildman–Crippen MR) is 181 cm³/mol. The number of carbonyl (C=O) groups excluding carboxylic acids is 2. The number of allylic oxidation sites excluding steroid dienone is 1. The molecule has 0 amide bonds. The first-order valence-corrected chi connectivity index (χ1v) is 17.0. The molecule has 1 aliphatic rings. The Hall–Kier alpha value is -3.72. The third kappa shape index (κ3) is 7.61. The zero-order valence-corrected chi connectivity index (χ0v) is 29.8. The lowest BCUT2D eigenvalue weighted by atomic mass is 9.95. The summed E-state index contributed by atoms with van der Waals surface area (Å²) in [5, 5.41) is 0.312. The van der Waals surface area contributed by atoms with Crippen molar-refractivity contribution in [2.24, 2.45) is 4.99 Å². The number of hydrogen-bond acceptors (Lipinski definition) is 8. The molecule has 15 heteroatoms. The number of hydrogen-bond donors (Lipinski definition) is 0. The van der Waals surface area contributed by atoms with Crippen LogP contribution in [0.5, 0.6) is 5.75 Å². The minimum absolute atomic E-state index is 0.0352. The van der Waals surface area contributed by atoms with Crippen molar-refractivity contribution in [1.82, 2.24) is 4.57 Å². The smallest absolute Gasteiger partial charge is 0.434 e. The second-order valence-electron chi connectivity index (χ2n) is 10.1. The Morgan fingerprint density at radius 3 is 2.27 bits per heavy atom. The van der Waals surface area contributed by atoms with Crippen molar-refractivity contribution in [3.63, 3.8) is 0 Å². The van der Waals surface area contributed by atoms with Gasteiger partial charge in [-0.1, -0.05) is 63.1 Å². The number of rotatable bonds is 9. The van der Waals surface area contributed by atoms with Crippen LogP contribution < -0.4 is 19.6 Å². The van der Waals surface area contributed by atoms with Gasteiger partial charge < -0.3 is 14.2 Å². The molecule has 1 aliphatic heterocycles. The van der Waals surface area contributed by atoms with Crippen molar-refractivity contribution in [2.45, 2.75) is 32.7 Å². The molecule has 2 heterocycles. The maximum absolute atomic E-state index is 14.4. The van der Waals surface area contributed by atoms with Crippen molar-refractivity contribution in [1.29, 1.82) is 0 Å². The van der Waals surface area contributed by atoms with Crippen LogP contribution in [0.2, 0.25) is 5.02 Å². The standard InChI is InChI=1S/C33H24Br2ClF3N2O6S/c1-3-45-30(43)19-7-5-17(6-8-19)16-47-27-20(13-21(34)15-23(27)35)14-24-29(42)41-26(18-9-11-22(36)12-10-18)25(31(44)46-4-2)28(33(37,38)39)40-32(41)48-24/h5-15,26H,3-4,16H2,1-2H3/b24-14-/t26-/m1/s1. The molecule has 0 radical (unpaired) electrons. The minimum Gasteiger partial charge on any atom is -0.487 e. The van der Waals surface area contributed by atoms with Gasteiger partial charge in [-0.2, -0.15) is 13.2 Å². The molecule has 0 fully saturated rings. The molecule has 1 aromatic heterocycles. The van der Waals surface area contributed by atoms with E-state index < -0.39 is 41.0 Å². The summed E-state index contributed by atoms with van der Waals surface area (Å²) in [6, 6.07) is 14.4. The normalized spacial score (nSPS) is 14.8. The van der Waals surface area contributed by atoms with Gasteiger partial charge in [0.2, 0.25) is 0 Å². The lowest BCUT2D eigenvalue weighted by molar-refractivity contribution is -0.140. The van der Waals surface area contributed by atoms with Gasteiger partial charge >= 0.3 is 18.1 Å². The predicted octanol–water partition coefficient (Wildman–Crippen LogP) is 7.27. The van der Waals surface area contributed by atoms with Crippen molar-refractivity contribution in [3.8, 4) is 5.75 Å². The molecule has 48 heavy (non-hydrogen) atoms. The molecule has 0 aliphatic carbocycles. The van der Waals surface area contributed by atoms with E-state index in [1.54, 1.807) is 43.3 Å². The lowest BCUT2D eigenvalue weighted by Gasteiger charge is -2.26. The summed E-state index contributed by atoms with van der Waals surface area (Å²) < 4.78 is 61.7. The lowest BCUT2D eigenvalue weighted by Crippen LogP contribution is -2.41. The number of aromatic nitrogens is 1. The summed E-state index contributed by atoms with van der Waals surface area (Å²) in [5.41, 5.74) is -1.19. The summed E-state index contributed by atoms with van der Waals surface area (Å²) >= 11 is 13.7. The van der Waals surface area contributed by atoms with Crippen LogP contribution in [0.1, 0.15) is 46.9 Å². The van der Waals surface area contributed by atoms with E-state index in [4.69, 9.17) is 25.8 Å². The van der Waals surface area contributed by atoms with Crippen LogP contribution in [0.4, 0.5) is 13.2 Å². The Bertz CT molecular complexity index is 2100.